The van der Waals surface area contributed by atoms with Crippen LogP contribution in [0.1, 0.15) is 16.7 Å². The maximum Gasteiger partial charge on any atom is 0.244 e. The van der Waals surface area contributed by atoms with Crippen molar-refractivity contribution in [1.82, 2.24) is 5.32 Å². The molecule has 1 N–H and O–H groups in total. The van der Waals surface area contributed by atoms with E-state index in [9.17, 15) is 9.18 Å². The number of carbonyl (C=O) groups excluding carboxylic acids is 1. The lowest BCUT2D eigenvalue weighted by Gasteiger charge is -2.03. The Hall–Kier alpha value is -2.42. The summed E-state index contributed by atoms with van der Waals surface area (Å²) in [4.78, 5) is 11.7. The Bertz CT molecular complexity index is 632. The molecule has 0 aromatic heterocycles. The molecule has 2 nitrogen and oxygen atoms in total. The zero-order valence-corrected chi connectivity index (χ0v) is 12.0. The van der Waals surface area contributed by atoms with Crippen molar-refractivity contribution in [3.8, 4) is 0 Å². The topological polar surface area (TPSA) is 29.1 Å². The quantitative estimate of drug-likeness (QED) is 0.836. The third kappa shape index (κ3) is 4.88. The van der Waals surface area contributed by atoms with Crippen LogP contribution < -0.4 is 5.32 Å². The molecule has 0 radical (unpaired) electrons. The van der Waals surface area contributed by atoms with Crippen molar-refractivity contribution in [3.05, 3.63) is 77.1 Å². The molecule has 0 aliphatic rings. The number of carbonyl (C=O) groups is 1. The van der Waals surface area contributed by atoms with Crippen LogP contribution in [0.2, 0.25) is 0 Å². The second-order valence-corrected chi connectivity index (χ2v) is 4.88. The fourth-order valence-corrected chi connectivity index (χ4v) is 1.93. The monoisotopic (exact) mass is 283 g/mol. The van der Waals surface area contributed by atoms with Crippen molar-refractivity contribution in [1.29, 1.82) is 0 Å². The highest BCUT2D eigenvalue weighted by molar-refractivity contribution is 5.91. The van der Waals surface area contributed by atoms with Crippen LogP contribution in [0.25, 0.3) is 6.08 Å². The first kappa shape index (κ1) is 15.0. The van der Waals surface area contributed by atoms with E-state index in [0.717, 1.165) is 5.56 Å². The van der Waals surface area contributed by atoms with Crippen LogP contribution in [0, 0.1) is 12.7 Å². The smallest absolute Gasteiger partial charge is 0.244 e. The number of hydrogen-bond acceptors (Lipinski definition) is 1. The molecule has 0 saturated heterocycles. The summed E-state index contributed by atoms with van der Waals surface area (Å²) in [7, 11) is 0. The van der Waals surface area contributed by atoms with Crippen molar-refractivity contribution in [2.24, 2.45) is 0 Å². The second kappa shape index (κ2) is 7.39. The van der Waals surface area contributed by atoms with Crippen LogP contribution in [-0.4, -0.2) is 12.5 Å². The highest BCUT2D eigenvalue weighted by atomic mass is 19.1. The number of nitrogens with one attached hydrogen (secondary N) is 1. The van der Waals surface area contributed by atoms with Crippen LogP contribution in [0.5, 0.6) is 0 Å². The maximum atomic E-state index is 13.4. The molecular weight excluding hydrogens is 265 g/mol. The minimum absolute atomic E-state index is 0.174. The molecule has 108 valence electrons. The molecule has 0 saturated carbocycles. The second-order valence-electron chi connectivity index (χ2n) is 4.88. The standard InChI is InChI=1S/C18H18FNO/c1-14-6-8-15(9-7-14)10-11-18(21)20-13-12-16-4-2-3-5-17(16)19/h2-11H,12-13H2,1H3,(H,20,21)/b11-10+. The van der Waals surface area contributed by atoms with Gasteiger partial charge in [-0.2, -0.15) is 0 Å². The van der Waals surface area contributed by atoms with E-state index in [1.807, 2.05) is 31.2 Å². The average molecular weight is 283 g/mol. The van der Waals surface area contributed by atoms with Gasteiger partial charge in [0.15, 0.2) is 0 Å². The van der Waals surface area contributed by atoms with E-state index in [1.165, 1.54) is 17.7 Å². The summed E-state index contributed by atoms with van der Waals surface area (Å²) in [5, 5.41) is 2.75. The molecule has 2 aromatic rings. The molecule has 0 atom stereocenters. The van der Waals surface area contributed by atoms with E-state index < -0.39 is 0 Å². The number of benzene rings is 2. The summed E-state index contributed by atoms with van der Waals surface area (Å²) in [6.07, 6.45) is 3.74. The minimum atomic E-state index is -0.234. The molecule has 21 heavy (non-hydrogen) atoms. The number of amides is 1. The Kier molecular flexibility index (Phi) is 5.27. The number of halogens is 1. The van der Waals surface area contributed by atoms with Gasteiger partial charge in [0, 0.05) is 12.6 Å². The van der Waals surface area contributed by atoms with Gasteiger partial charge in [-0.05, 0) is 36.6 Å². The molecule has 2 aromatic carbocycles. The molecule has 0 unspecified atom stereocenters. The molecule has 0 bridgehead atoms. The van der Waals surface area contributed by atoms with Gasteiger partial charge in [-0.25, -0.2) is 4.39 Å². The van der Waals surface area contributed by atoms with Gasteiger partial charge in [0.25, 0.3) is 0 Å². The highest BCUT2D eigenvalue weighted by Gasteiger charge is 2.01. The van der Waals surface area contributed by atoms with Gasteiger partial charge in [0.1, 0.15) is 5.82 Å². The number of rotatable bonds is 5. The Labute approximate surface area is 124 Å². The molecule has 3 heteroatoms. The Morgan fingerprint density at radius 1 is 1.14 bits per heavy atom. The average Bonchev–Trinajstić information content (AvgIpc) is 2.49. The summed E-state index contributed by atoms with van der Waals surface area (Å²) in [6.45, 7) is 2.43. The number of hydrogen-bond donors (Lipinski definition) is 1. The van der Waals surface area contributed by atoms with Gasteiger partial charge in [-0.1, -0.05) is 48.0 Å². The van der Waals surface area contributed by atoms with Crippen molar-refractivity contribution in [3.63, 3.8) is 0 Å². The number of aryl methyl sites for hydroxylation is 1. The normalized spacial score (nSPS) is 10.8. The first-order valence-corrected chi connectivity index (χ1v) is 6.91. The highest BCUT2D eigenvalue weighted by Crippen LogP contribution is 2.06. The molecule has 0 fully saturated rings. The van der Waals surface area contributed by atoms with Crippen molar-refractivity contribution in [2.45, 2.75) is 13.3 Å². The van der Waals surface area contributed by atoms with Crippen molar-refractivity contribution >= 4 is 12.0 Å². The zero-order valence-electron chi connectivity index (χ0n) is 12.0. The summed E-state index contributed by atoms with van der Waals surface area (Å²) in [6, 6.07) is 14.5. The Balaban J connectivity index is 1.80. The van der Waals surface area contributed by atoms with Gasteiger partial charge in [-0.3, -0.25) is 4.79 Å². The Morgan fingerprint density at radius 3 is 2.57 bits per heavy atom. The van der Waals surface area contributed by atoms with Crippen LogP contribution in [0.3, 0.4) is 0 Å². The van der Waals surface area contributed by atoms with Crippen LogP contribution in [0.4, 0.5) is 4.39 Å². The Morgan fingerprint density at radius 2 is 1.86 bits per heavy atom. The molecule has 0 aliphatic heterocycles. The molecule has 0 heterocycles. The molecule has 1 amide bonds. The van der Waals surface area contributed by atoms with E-state index in [4.69, 9.17) is 0 Å². The van der Waals surface area contributed by atoms with E-state index in [0.29, 0.717) is 18.5 Å². The molecule has 0 aliphatic carbocycles. The lowest BCUT2D eigenvalue weighted by atomic mass is 10.1. The lowest BCUT2D eigenvalue weighted by Crippen LogP contribution is -2.23. The summed E-state index contributed by atoms with van der Waals surface area (Å²) < 4.78 is 13.4. The third-order valence-electron chi connectivity index (χ3n) is 3.16. The largest absolute Gasteiger partial charge is 0.352 e. The lowest BCUT2D eigenvalue weighted by molar-refractivity contribution is -0.116. The predicted octanol–water partition coefficient (Wildman–Crippen LogP) is 3.51. The first-order chi connectivity index (χ1) is 10.1. The van der Waals surface area contributed by atoms with Gasteiger partial charge >= 0.3 is 0 Å². The zero-order chi connectivity index (χ0) is 15.1. The third-order valence-corrected chi connectivity index (χ3v) is 3.16. The van der Waals surface area contributed by atoms with E-state index >= 15 is 0 Å². The van der Waals surface area contributed by atoms with Crippen LogP contribution in [0.15, 0.2) is 54.6 Å². The summed E-state index contributed by atoms with van der Waals surface area (Å²) in [5.74, 6) is -0.408. The first-order valence-electron chi connectivity index (χ1n) is 6.91. The van der Waals surface area contributed by atoms with Crippen molar-refractivity contribution in [2.75, 3.05) is 6.54 Å². The fraction of sp³-hybridized carbons (Fsp3) is 0.167. The fourth-order valence-electron chi connectivity index (χ4n) is 1.93. The predicted molar refractivity (Wildman–Crippen MR) is 83.3 cm³/mol. The molecular formula is C18H18FNO. The van der Waals surface area contributed by atoms with Crippen LogP contribution >= 0.6 is 0 Å². The van der Waals surface area contributed by atoms with Gasteiger partial charge < -0.3 is 5.32 Å². The summed E-state index contributed by atoms with van der Waals surface area (Å²) >= 11 is 0. The van der Waals surface area contributed by atoms with E-state index in [1.54, 1.807) is 24.3 Å². The minimum Gasteiger partial charge on any atom is -0.352 e. The molecule has 2 rings (SSSR count). The molecule has 0 spiro atoms. The van der Waals surface area contributed by atoms with Gasteiger partial charge in [0.05, 0.1) is 0 Å². The summed E-state index contributed by atoms with van der Waals surface area (Å²) in [5.41, 5.74) is 2.77. The van der Waals surface area contributed by atoms with Crippen LogP contribution in [-0.2, 0) is 11.2 Å². The van der Waals surface area contributed by atoms with Gasteiger partial charge in [-0.15, -0.1) is 0 Å². The maximum absolute atomic E-state index is 13.4. The van der Waals surface area contributed by atoms with E-state index in [-0.39, 0.29) is 11.7 Å². The van der Waals surface area contributed by atoms with Gasteiger partial charge in [0.2, 0.25) is 5.91 Å². The SMILES string of the molecule is Cc1ccc(/C=C/C(=O)NCCc2ccccc2F)cc1. The van der Waals surface area contributed by atoms with E-state index in [2.05, 4.69) is 5.32 Å². The van der Waals surface area contributed by atoms with Crippen molar-refractivity contribution < 1.29 is 9.18 Å².